The molecule has 0 bridgehead atoms. The molecule has 29 heavy (non-hydrogen) atoms. The Balaban J connectivity index is 2.59. The molecule has 2 atom stereocenters. The van der Waals surface area contributed by atoms with Crippen molar-refractivity contribution in [3.63, 3.8) is 0 Å². The van der Waals surface area contributed by atoms with Gasteiger partial charge in [-0.25, -0.2) is 0 Å². The van der Waals surface area contributed by atoms with Crippen LogP contribution in [0.1, 0.15) is 25.3 Å². The third kappa shape index (κ3) is 4.86. The summed E-state index contributed by atoms with van der Waals surface area (Å²) >= 11 is 0. The Morgan fingerprint density at radius 3 is 1.83 bits per heavy atom. The molecule has 0 aliphatic carbocycles. The van der Waals surface area contributed by atoms with Gasteiger partial charge in [-0.15, -0.1) is 0 Å². The molecule has 0 aromatic heterocycles. The van der Waals surface area contributed by atoms with Crippen LogP contribution >= 0.6 is 7.37 Å². The summed E-state index contributed by atoms with van der Waals surface area (Å²) in [5.74, 6) is -0.301. The van der Waals surface area contributed by atoms with Crippen LogP contribution in [-0.2, 0) is 9.09 Å². The molecule has 0 aliphatic rings. The lowest BCUT2D eigenvalue weighted by Gasteiger charge is -2.27. The van der Waals surface area contributed by atoms with Crippen LogP contribution in [0.5, 0.6) is 17.2 Å². The molecule has 0 radical (unpaired) electrons. The van der Waals surface area contributed by atoms with Gasteiger partial charge in [0.1, 0.15) is 0 Å². The fourth-order valence-corrected chi connectivity index (χ4v) is 5.23. The molecule has 2 rings (SSSR count). The van der Waals surface area contributed by atoms with Gasteiger partial charge >= 0.3 is 0 Å². The van der Waals surface area contributed by atoms with E-state index < -0.39 is 13.2 Å². The number of ether oxygens (including phenoxy) is 3. The number of aliphatic hydroxyl groups is 1. The van der Waals surface area contributed by atoms with Gasteiger partial charge in [0.05, 0.1) is 27.4 Å². The molecule has 2 aromatic carbocycles. The minimum atomic E-state index is -3.69. The van der Waals surface area contributed by atoms with E-state index in [-0.39, 0.29) is 6.10 Å². The van der Waals surface area contributed by atoms with Crippen molar-refractivity contribution in [1.82, 2.24) is 0 Å². The Labute approximate surface area is 172 Å². The standard InChI is InChI=1S/C21H30NO6P/c1-14(2)28-29(24,17-10-8-16(9-11-17)22(3)4)21(23)15-12-18(25-5)20(27-7)19(13-15)26-6/h8-14,21,23H,1-7H3/t21-,29-/m1/s1. The van der Waals surface area contributed by atoms with Gasteiger partial charge in [-0.3, -0.25) is 4.57 Å². The van der Waals surface area contributed by atoms with Gasteiger partial charge in [-0.2, -0.15) is 0 Å². The highest BCUT2D eigenvalue weighted by Gasteiger charge is 2.38. The van der Waals surface area contributed by atoms with Gasteiger partial charge in [0.25, 0.3) is 7.37 Å². The highest BCUT2D eigenvalue weighted by molar-refractivity contribution is 7.67. The number of hydrogen-bond donors (Lipinski definition) is 1. The SMILES string of the molecule is COc1cc([C@H](O)[P@](=O)(OC(C)C)c2ccc(N(C)C)cc2)cc(OC)c1OC. The summed E-state index contributed by atoms with van der Waals surface area (Å²) in [7, 11) is 4.61. The second-order valence-electron chi connectivity index (χ2n) is 6.99. The third-order valence-corrected chi connectivity index (χ3v) is 7.10. The Morgan fingerprint density at radius 2 is 1.45 bits per heavy atom. The van der Waals surface area contributed by atoms with E-state index in [1.165, 1.54) is 21.3 Å². The maximum Gasteiger partial charge on any atom is 0.264 e. The molecule has 0 saturated carbocycles. The van der Waals surface area contributed by atoms with Crippen molar-refractivity contribution in [1.29, 1.82) is 0 Å². The number of anilines is 1. The van der Waals surface area contributed by atoms with E-state index in [4.69, 9.17) is 18.7 Å². The van der Waals surface area contributed by atoms with E-state index in [0.717, 1.165) is 5.69 Å². The van der Waals surface area contributed by atoms with E-state index in [9.17, 15) is 9.67 Å². The van der Waals surface area contributed by atoms with Crippen LogP contribution in [0.15, 0.2) is 36.4 Å². The Morgan fingerprint density at radius 1 is 0.931 bits per heavy atom. The number of hydrogen-bond acceptors (Lipinski definition) is 7. The number of methoxy groups -OCH3 is 3. The van der Waals surface area contributed by atoms with E-state index in [0.29, 0.717) is 28.1 Å². The largest absolute Gasteiger partial charge is 0.493 e. The molecule has 0 fully saturated rings. The van der Waals surface area contributed by atoms with Crippen molar-refractivity contribution < 1.29 is 28.4 Å². The average molecular weight is 423 g/mol. The lowest BCUT2D eigenvalue weighted by atomic mass is 10.2. The molecule has 2 aromatic rings. The summed E-state index contributed by atoms with van der Waals surface area (Å²) in [6, 6.07) is 10.3. The maximum absolute atomic E-state index is 14.0. The quantitative estimate of drug-likeness (QED) is 0.615. The average Bonchev–Trinajstić information content (AvgIpc) is 2.71. The van der Waals surface area contributed by atoms with Crippen molar-refractivity contribution in [2.24, 2.45) is 0 Å². The van der Waals surface area contributed by atoms with Crippen molar-refractivity contribution in [2.45, 2.75) is 25.8 Å². The van der Waals surface area contributed by atoms with Gasteiger partial charge in [-0.05, 0) is 55.8 Å². The van der Waals surface area contributed by atoms with Crippen molar-refractivity contribution >= 4 is 18.4 Å². The summed E-state index contributed by atoms with van der Waals surface area (Å²) in [5, 5.41) is 11.6. The van der Waals surface area contributed by atoms with Crippen molar-refractivity contribution in [3.05, 3.63) is 42.0 Å². The number of aliphatic hydroxyl groups excluding tert-OH is 1. The first-order valence-corrected chi connectivity index (χ1v) is 10.9. The zero-order valence-corrected chi connectivity index (χ0v) is 18.9. The highest BCUT2D eigenvalue weighted by atomic mass is 31.2. The molecule has 0 saturated heterocycles. The van der Waals surface area contributed by atoms with Crippen molar-refractivity contribution in [3.8, 4) is 17.2 Å². The monoisotopic (exact) mass is 423 g/mol. The number of nitrogens with zero attached hydrogens (tertiary/aromatic N) is 1. The van der Waals surface area contributed by atoms with Crippen LogP contribution in [0.3, 0.4) is 0 Å². The molecule has 0 amide bonds. The highest BCUT2D eigenvalue weighted by Crippen LogP contribution is 2.59. The minimum absolute atomic E-state index is 0.347. The van der Waals surface area contributed by atoms with E-state index in [1.54, 1.807) is 38.1 Å². The topological polar surface area (TPSA) is 77.5 Å². The van der Waals surface area contributed by atoms with E-state index in [2.05, 4.69) is 0 Å². The zero-order chi connectivity index (χ0) is 21.8. The summed E-state index contributed by atoms with van der Waals surface area (Å²) < 4.78 is 35.8. The smallest absolute Gasteiger partial charge is 0.264 e. The van der Waals surface area contributed by atoms with Crippen LogP contribution in [-0.4, -0.2) is 46.6 Å². The molecule has 0 spiro atoms. The van der Waals surface area contributed by atoms with Gasteiger partial charge in [-0.1, -0.05) is 0 Å². The summed E-state index contributed by atoms with van der Waals surface area (Å²) in [5.41, 5.74) is 1.30. The van der Waals surface area contributed by atoms with E-state index >= 15 is 0 Å². The first-order chi connectivity index (χ1) is 13.7. The van der Waals surface area contributed by atoms with Crippen LogP contribution in [0.4, 0.5) is 5.69 Å². The van der Waals surface area contributed by atoms with Crippen LogP contribution in [0.2, 0.25) is 0 Å². The van der Waals surface area contributed by atoms with Crippen LogP contribution in [0, 0.1) is 0 Å². The summed E-state index contributed by atoms with van der Waals surface area (Å²) in [6.45, 7) is 3.56. The predicted molar refractivity (Wildman–Crippen MR) is 115 cm³/mol. The first kappa shape index (κ1) is 23.1. The third-order valence-electron chi connectivity index (χ3n) is 4.40. The lowest BCUT2D eigenvalue weighted by Crippen LogP contribution is -2.18. The molecular weight excluding hydrogens is 393 g/mol. The molecule has 0 heterocycles. The molecule has 8 heteroatoms. The van der Waals surface area contributed by atoms with Crippen LogP contribution in [0.25, 0.3) is 0 Å². The predicted octanol–water partition coefficient (Wildman–Crippen LogP) is 3.80. The maximum atomic E-state index is 14.0. The summed E-state index contributed by atoms with van der Waals surface area (Å²) in [4.78, 5) is 1.94. The lowest BCUT2D eigenvalue weighted by molar-refractivity contribution is 0.188. The minimum Gasteiger partial charge on any atom is -0.493 e. The number of rotatable bonds is 9. The summed E-state index contributed by atoms with van der Waals surface area (Å²) in [6.07, 6.45) is -0.356. The fraction of sp³-hybridized carbons (Fsp3) is 0.429. The Bertz CT molecular complexity index is 841. The second-order valence-corrected chi connectivity index (χ2v) is 9.40. The molecule has 160 valence electrons. The molecule has 0 aliphatic heterocycles. The normalized spacial score (nSPS) is 14.2. The molecule has 7 nitrogen and oxygen atoms in total. The Kier molecular flexibility index (Phi) is 7.58. The van der Waals surface area contributed by atoms with Crippen LogP contribution < -0.4 is 24.4 Å². The van der Waals surface area contributed by atoms with Gasteiger partial charge in [0, 0.05) is 25.1 Å². The van der Waals surface area contributed by atoms with Crippen molar-refractivity contribution in [2.75, 3.05) is 40.3 Å². The molecule has 0 unspecified atom stereocenters. The van der Waals surface area contributed by atoms with E-state index in [1.807, 2.05) is 31.1 Å². The molecule has 1 N–H and O–H groups in total. The first-order valence-electron chi connectivity index (χ1n) is 9.22. The fourth-order valence-electron chi connectivity index (χ4n) is 2.98. The number of benzene rings is 2. The zero-order valence-electron chi connectivity index (χ0n) is 18.0. The van der Waals surface area contributed by atoms with Gasteiger partial charge in [0.15, 0.2) is 17.3 Å². The Hall–Kier alpha value is -2.21. The van der Waals surface area contributed by atoms with Gasteiger partial charge < -0.3 is 28.7 Å². The van der Waals surface area contributed by atoms with Gasteiger partial charge in [0.2, 0.25) is 5.75 Å². The second kappa shape index (κ2) is 9.53. The molecular formula is C21H30NO6P.